The van der Waals surface area contributed by atoms with Crippen molar-refractivity contribution in [1.82, 2.24) is 19.6 Å². The highest BCUT2D eigenvalue weighted by Gasteiger charge is 2.38. The number of anilines is 1. The summed E-state index contributed by atoms with van der Waals surface area (Å²) in [5, 5.41) is 7.94. The molecule has 2 aromatic heterocycles. The van der Waals surface area contributed by atoms with Crippen LogP contribution in [0.4, 0.5) is 5.82 Å². The molecule has 1 N–H and O–H groups in total. The van der Waals surface area contributed by atoms with Gasteiger partial charge >= 0.3 is 0 Å². The zero-order valence-corrected chi connectivity index (χ0v) is 13.6. The van der Waals surface area contributed by atoms with E-state index in [1.54, 1.807) is 10.8 Å². The number of nitrogens with zero attached hydrogens (tertiary/aromatic N) is 4. The highest BCUT2D eigenvalue weighted by Crippen LogP contribution is 2.42. The van der Waals surface area contributed by atoms with Crippen LogP contribution in [0, 0.1) is 0 Å². The second-order valence-corrected chi connectivity index (χ2v) is 6.37. The van der Waals surface area contributed by atoms with Gasteiger partial charge in [-0.15, -0.1) is 0 Å². The summed E-state index contributed by atoms with van der Waals surface area (Å²) in [7, 11) is 0. The molecule has 1 saturated carbocycles. The molecule has 2 aromatic carbocycles. The van der Waals surface area contributed by atoms with Gasteiger partial charge in [-0.25, -0.2) is 4.98 Å². The van der Waals surface area contributed by atoms with Crippen molar-refractivity contribution in [3.63, 3.8) is 0 Å². The lowest BCUT2D eigenvalue weighted by Gasteiger charge is -2.10. The van der Waals surface area contributed by atoms with Gasteiger partial charge in [0.2, 0.25) is 0 Å². The van der Waals surface area contributed by atoms with Crippen molar-refractivity contribution < 1.29 is 0 Å². The maximum absolute atomic E-state index is 4.62. The molecule has 4 aromatic rings. The van der Waals surface area contributed by atoms with Crippen LogP contribution >= 0.6 is 0 Å². The minimum atomic E-state index is 0.417. The summed E-state index contributed by atoms with van der Waals surface area (Å²) >= 11 is 0. The Morgan fingerprint density at radius 2 is 1.72 bits per heavy atom. The Morgan fingerprint density at radius 3 is 2.52 bits per heavy atom. The summed E-state index contributed by atoms with van der Waals surface area (Å²) in [5.41, 5.74) is 3.36. The molecule has 0 spiro atoms. The monoisotopic (exact) mass is 327 g/mol. The lowest BCUT2D eigenvalue weighted by atomic mass is 10.1. The Hall–Kier alpha value is -3.21. The molecule has 0 aliphatic heterocycles. The second-order valence-electron chi connectivity index (χ2n) is 6.37. The molecule has 2 heterocycles. The van der Waals surface area contributed by atoms with E-state index in [1.807, 2.05) is 18.2 Å². The molecule has 122 valence electrons. The van der Waals surface area contributed by atoms with Crippen LogP contribution in [0.1, 0.15) is 17.9 Å². The number of fused-ring (bicyclic) bond motifs is 1. The standard InChI is InChI=1S/C20H17N5/c1-3-7-14(8-4-1)16-11-18(16)23-19-12-17(15-9-5-2-6-10-15)24-20-21-13-22-25(19)20/h1-10,12-13,16,18,23H,11H2. The average Bonchev–Trinajstić information content (AvgIpc) is 3.27. The molecule has 2 unspecified atom stereocenters. The molecule has 1 aliphatic rings. The molecule has 0 bridgehead atoms. The van der Waals surface area contributed by atoms with Crippen LogP contribution in [0.2, 0.25) is 0 Å². The Kier molecular flexibility index (Phi) is 3.23. The SMILES string of the molecule is c1ccc(-c2cc(NC3CC3c3ccccc3)n3ncnc3n2)cc1. The minimum Gasteiger partial charge on any atom is -0.366 e. The first-order valence-corrected chi connectivity index (χ1v) is 8.46. The smallest absolute Gasteiger partial charge is 0.254 e. The number of nitrogens with one attached hydrogen (secondary N) is 1. The summed E-state index contributed by atoms with van der Waals surface area (Å²) in [6.45, 7) is 0. The summed E-state index contributed by atoms with van der Waals surface area (Å²) < 4.78 is 1.77. The summed E-state index contributed by atoms with van der Waals surface area (Å²) in [5.74, 6) is 2.10. The Bertz CT molecular complexity index is 1010. The van der Waals surface area contributed by atoms with Crippen LogP contribution in [0.3, 0.4) is 0 Å². The Morgan fingerprint density at radius 1 is 0.960 bits per heavy atom. The van der Waals surface area contributed by atoms with E-state index in [9.17, 15) is 0 Å². The van der Waals surface area contributed by atoms with Gasteiger partial charge in [0.25, 0.3) is 5.78 Å². The quantitative estimate of drug-likeness (QED) is 0.620. The first-order chi connectivity index (χ1) is 12.4. The lowest BCUT2D eigenvalue weighted by molar-refractivity contribution is 0.917. The molecule has 5 nitrogen and oxygen atoms in total. The summed E-state index contributed by atoms with van der Waals surface area (Å²) in [6, 6.07) is 23.3. The van der Waals surface area contributed by atoms with Gasteiger partial charge in [0, 0.05) is 23.6 Å². The summed E-state index contributed by atoms with van der Waals surface area (Å²) in [4.78, 5) is 8.89. The van der Waals surface area contributed by atoms with Crippen LogP contribution < -0.4 is 5.32 Å². The van der Waals surface area contributed by atoms with Crippen LogP contribution in [0.15, 0.2) is 73.1 Å². The van der Waals surface area contributed by atoms with E-state index in [-0.39, 0.29) is 0 Å². The van der Waals surface area contributed by atoms with Crippen LogP contribution in [-0.2, 0) is 0 Å². The fourth-order valence-corrected chi connectivity index (χ4v) is 3.28. The Balaban J connectivity index is 1.48. The van der Waals surface area contributed by atoms with E-state index in [0.717, 1.165) is 23.5 Å². The maximum Gasteiger partial charge on any atom is 0.254 e. The number of hydrogen-bond acceptors (Lipinski definition) is 4. The molecular formula is C20H17N5. The van der Waals surface area contributed by atoms with Crippen molar-refractivity contribution >= 4 is 11.6 Å². The number of hydrogen-bond donors (Lipinski definition) is 1. The molecule has 2 atom stereocenters. The predicted molar refractivity (Wildman–Crippen MR) is 97.4 cm³/mol. The van der Waals surface area contributed by atoms with Gasteiger partial charge in [-0.05, 0) is 12.0 Å². The van der Waals surface area contributed by atoms with Crippen LogP contribution in [0.5, 0.6) is 0 Å². The van der Waals surface area contributed by atoms with Crippen molar-refractivity contribution in [2.24, 2.45) is 0 Å². The third kappa shape index (κ3) is 2.63. The van der Waals surface area contributed by atoms with Gasteiger partial charge in [-0.3, -0.25) is 0 Å². The van der Waals surface area contributed by atoms with E-state index < -0.39 is 0 Å². The second kappa shape index (κ2) is 5.70. The third-order valence-corrected chi connectivity index (χ3v) is 4.67. The first-order valence-electron chi connectivity index (χ1n) is 8.46. The number of rotatable bonds is 4. The fourth-order valence-electron chi connectivity index (χ4n) is 3.28. The van der Waals surface area contributed by atoms with E-state index in [4.69, 9.17) is 0 Å². The van der Waals surface area contributed by atoms with Gasteiger partial charge in [0.05, 0.1) is 5.69 Å². The van der Waals surface area contributed by atoms with Crippen molar-refractivity contribution in [2.75, 3.05) is 5.32 Å². The summed E-state index contributed by atoms with van der Waals surface area (Å²) in [6.07, 6.45) is 2.67. The minimum absolute atomic E-state index is 0.417. The molecule has 25 heavy (non-hydrogen) atoms. The van der Waals surface area contributed by atoms with Gasteiger partial charge in [-0.2, -0.15) is 14.6 Å². The predicted octanol–water partition coefficient (Wildman–Crippen LogP) is 3.76. The first kappa shape index (κ1) is 14.2. The maximum atomic E-state index is 4.62. The van der Waals surface area contributed by atoms with Crippen LogP contribution in [-0.4, -0.2) is 25.6 Å². The third-order valence-electron chi connectivity index (χ3n) is 4.67. The van der Waals surface area contributed by atoms with Gasteiger partial charge < -0.3 is 5.32 Å². The molecule has 1 fully saturated rings. The van der Waals surface area contributed by atoms with Gasteiger partial charge in [0.1, 0.15) is 12.1 Å². The van der Waals surface area contributed by atoms with E-state index >= 15 is 0 Å². The van der Waals surface area contributed by atoms with Crippen molar-refractivity contribution in [3.05, 3.63) is 78.6 Å². The molecule has 0 saturated heterocycles. The van der Waals surface area contributed by atoms with E-state index in [2.05, 4.69) is 68.9 Å². The van der Waals surface area contributed by atoms with Crippen molar-refractivity contribution in [3.8, 4) is 11.3 Å². The molecule has 0 radical (unpaired) electrons. The van der Waals surface area contributed by atoms with Gasteiger partial charge in [-0.1, -0.05) is 60.7 Å². The number of aromatic nitrogens is 4. The number of benzene rings is 2. The average molecular weight is 327 g/mol. The molecule has 5 rings (SSSR count). The van der Waals surface area contributed by atoms with Crippen molar-refractivity contribution in [2.45, 2.75) is 18.4 Å². The van der Waals surface area contributed by atoms with Gasteiger partial charge in [0.15, 0.2) is 0 Å². The molecule has 1 aliphatic carbocycles. The van der Waals surface area contributed by atoms with E-state index in [0.29, 0.717) is 17.7 Å². The lowest BCUT2D eigenvalue weighted by Crippen LogP contribution is -2.10. The normalized spacial score (nSPS) is 19.0. The van der Waals surface area contributed by atoms with Crippen LogP contribution in [0.25, 0.3) is 17.0 Å². The molecule has 5 heteroatoms. The highest BCUT2D eigenvalue weighted by molar-refractivity contribution is 5.65. The van der Waals surface area contributed by atoms with E-state index in [1.165, 1.54) is 5.56 Å². The topological polar surface area (TPSA) is 55.1 Å². The van der Waals surface area contributed by atoms with Crippen molar-refractivity contribution in [1.29, 1.82) is 0 Å². The Labute approximate surface area is 145 Å². The largest absolute Gasteiger partial charge is 0.366 e. The highest BCUT2D eigenvalue weighted by atomic mass is 15.4. The molecule has 0 amide bonds. The zero-order valence-electron chi connectivity index (χ0n) is 13.6. The zero-order chi connectivity index (χ0) is 16.6. The fraction of sp³-hybridized carbons (Fsp3) is 0.150. The molecular weight excluding hydrogens is 310 g/mol.